The largest absolute Gasteiger partial charge is 0.378 e. The SMILES string of the molecule is CCc1ccc([C@@H](NS(=O)(=O)c2ccc(C)cc2)[C@@H](C)C(=O)N2CCOCC2)cc1. The van der Waals surface area contributed by atoms with Gasteiger partial charge in [0.1, 0.15) is 0 Å². The quantitative estimate of drug-likeness (QED) is 0.733. The summed E-state index contributed by atoms with van der Waals surface area (Å²) >= 11 is 0. The fraction of sp³-hybridized carbons (Fsp3) is 0.435. The van der Waals surface area contributed by atoms with E-state index < -0.39 is 22.0 Å². The van der Waals surface area contributed by atoms with Crippen molar-refractivity contribution in [1.82, 2.24) is 9.62 Å². The smallest absolute Gasteiger partial charge is 0.241 e. The Hall–Kier alpha value is -2.22. The molecule has 1 heterocycles. The summed E-state index contributed by atoms with van der Waals surface area (Å²) in [5.41, 5.74) is 2.92. The maximum absolute atomic E-state index is 13.1. The van der Waals surface area contributed by atoms with Crippen molar-refractivity contribution in [3.8, 4) is 0 Å². The lowest BCUT2D eigenvalue weighted by Crippen LogP contribution is -2.46. The zero-order valence-electron chi connectivity index (χ0n) is 17.8. The minimum Gasteiger partial charge on any atom is -0.378 e. The fourth-order valence-corrected chi connectivity index (χ4v) is 4.89. The Morgan fingerprint density at radius 1 is 1.07 bits per heavy atom. The van der Waals surface area contributed by atoms with Crippen molar-refractivity contribution < 1.29 is 17.9 Å². The van der Waals surface area contributed by atoms with Crippen LogP contribution >= 0.6 is 0 Å². The number of hydrogen-bond donors (Lipinski definition) is 1. The first-order valence-electron chi connectivity index (χ1n) is 10.4. The van der Waals surface area contributed by atoms with Gasteiger partial charge in [-0.25, -0.2) is 13.1 Å². The Morgan fingerprint density at radius 3 is 2.23 bits per heavy atom. The number of aryl methyl sites for hydroxylation is 2. The number of nitrogens with zero attached hydrogens (tertiary/aromatic N) is 1. The van der Waals surface area contributed by atoms with E-state index in [1.165, 1.54) is 0 Å². The number of morpholine rings is 1. The molecule has 162 valence electrons. The van der Waals surface area contributed by atoms with Crippen LogP contribution in [0.1, 0.15) is 36.6 Å². The lowest BCUT2D eigenvalue weighted by molar-refractivity contribution is -0.139. The van der Waals surface area contributed by atoms with Crippen LogP contribution in [0.2, 0.25) is 0 Å². The molecule has 6 nitrogen and oxygen atoms in total. The highest BCUT2D eigenvalue weighted by molar-refractivity contribution is 7.89. The number of ether oxygens (including phenoxy) is 1. The molecular weight excluding hydrogens is 400 g/mol. The first-order valence-corrected chi connectivity index (χ1v) is 11.8. The van der Waals surface area contributed by atoms with E-state index in [4.69, 9.17) is 4.74 Å². The second-order valence-electron chi connectivity index (χ2n) is 7.73. The van der Waals surface area contributed by atoms with Crippen LogP contribution in [0.15, 0.2) is 53.4 Å². The molecule has 0 bridgehead atoms. The van der Waals surface area contributed by atoms with E-state index in [0.29, 0.717) is 26.3 Å². The average molecular weight is 431 g/mol. The molecule has 1 amide bonds. The van der Waals surface area contributed by atoms with Gasteiger partial charge in [-0.3, -0.25) is 4.79 Å². The number of rotatable bonds is 7. The van der Waals surface area contributed by atoms with E-state index in [0.717, 1.165) is 23.1 Å². The Balaban J connectivity index is 1.91. The minimum absolute atomic E-state index is 0.0746. The van der Waals surface area contributed by atoms with Crippen molar-refractivity contribution in [3.05, 3.63) is 65.2 Å². The molecule has 0 aromatic heterocycles. The number of carbonyl (C=O) groups is 1. The molecule has 1 fully saturated rings. The number of benzene rings is 2. The third-order valence-corrected chi connectivity index (χ3v) is 7.03. The third-order valence-electron chi connectivity index (χ3n) is 5.57. The second-order valence-corrected chi connectivity index (χ2v) is 9.45. The van der Waals surface area contributed by atoms with Crippen LogP contribution in [0.3, 0.4) is 0 Å². The monoisotopic (exact) mass is 430 g/mol. The van der Waals surface area contributed by atoms with Gasteiger partial charge >= 0.3 is 0 Å². The summed E-state index contributed by atoms with van der Waals surface area (Å²) < 4.78 is 34.3. The van der Waals surface area contributed by atoms with Crippen LogP contribution in [0.4, 0.5) is 0 Å². The Kier molecular flexibility index (Phi) is 7.28. The summed E-state index contributed by atoms with van der Waals surface area (Å²) in [5.74, 6) is -0.634. The zero-order chi connectivity index (χ0) is 21.7. The van der Waals surface area contributed by atoms with Crippen molar-refractivity contribution in [1.29, 1.82) is 0 Å². The van der Waals surface area contributed by atoms with E-state index in [-0.39, 0.29) is 10.8 Å². The average Bonchev–Trinajstić information content (AvgIpc) is 2.77. The van der Waals surface area contributed by atoms with Gasteiger partial charge in [0.05, 0.1) is 30.1 Å². The number of sulfonamides is 1. The standard InChI is InChI=1S/C23H30N2O4S/c1-4-19-7-9-20(10-8-19)22(18(3)23(26)25-13-15-29-16-14-25)24-30(27,28)21-11-5-17(2)6-12-21/h5-12,18,22,24H,4,13-16H2,1-3H3/t18-,22+/m1/s1. The summed E-state index contributed by atoms with van der Waals surface area (Å²) in [7, 11) is -3.79. The lowest BCUT2D eigenvalue weighted by Gasteiger charge is -2.32. The van der Waals surface area contributed by atoms with Crippen molar-refractivity contribution in [3.63, 3.8) is 0 Å². The van der Waals surface area contributed by atoms with Gasteiger partial charge in [-0.1, -0.05) is 55.8 Å². The van der Waals surface area contributed by atoms with Crippen molar-refractivity contribution in [2.45, 2.75) is 38.1 Å². The van der Waals surface area contributed by atoms with Gasteiger partial charge in [0.15, 0.2) is 0 Å². The highest BCUT2D eigenvalue weighted by atomic mass is 32.2. The molecule has 1 N–H and O–H groups in total. The third kappa shape index (κ3) is 5.28. The normalized spacial score (nSPS) is 16.8. The van der Waals surface area contributed by atoms with Gasteiger partial charge in [0, 0.05) is 13.1 Å². The molecule has 1 saturated heterocycles. The van der Waals surface area contributed by atoms with Crippen LogP contribution in [0.5, 0.6) is 0 Å². The lowest BCUT2D eigenvalue weighted by atomic mass is 9.93. The Bertz CT molecular complexity index is 950. The maximum Gasteiger partial charge on any atom is 0.241 e. The molecule has 2 aromatic rings. The number of amides is 1. The Morgan fingerprint density at radius 2 is 1.67 bits per heavy atom. The van der Waals surface area contributed by atoms with E-state index in [1.807, 2.05) is 31.2 Å². The molecule has 2 aromatic carbocycles. The number of carbonyl (C=O) groups excluding carboxylic acids is 1. The van der Waals surface area contributed by atoms with Gasteiger partial charge in [-0.15, -0.1) is 0 Å². The van der Waals surface area contributed by atoms with Gasteiger partial charge in [0.25, 0.3) is 0 Å². The molecule has 2 atom stereocenters. The van der Waals surface area contributed by atoms with Crippen LogP contribution in [0, 0.1) is 12.8 Å². The fourth-order valence-electron chi connectivity index (χ4n) is 3.59. The molecule has 1 aliphatic rings. The van der Waals surface area contributed by atoms with Crippen molar-refractivity contribution >= 4 is 15.9 Å². The van der Waals surface area contributed by atoms with Crippen molar-refractivity contribution in [2.75, 3.05) is 26.3 Å². The van der Waals surface area contributed by atoms with Crippen LogP contribution in [-0.2, 0) is 26.0 Å². The highest BCUT2D eigenvalue weighted by Gasteiger charge is 2.33. The van der Waals surface area contributed by atoms with Crippen LogP contribution < -0.4 is 4.72 Å². The van der Waals surface area contributed by atoms with Gasteiger partial charge < -0.3 is 9.64 Å². The molecule has 1 aliphatic heterocycles. The van der Waals surface area contributed by atoms with Gasteiger partial charge in [-0.2, -0.15) is 0 Å². The molecule has 7 heteroatoms. The Labute approximate surface area is 179 Å². The number of nitrogens with one attached hydrogen (secondary N) is 1. The first kappa shape index (κ1) is 22.5. The summed E-state index contributed by atoms with van der Waals surface area (Å²) in [6, 6.07) is 13.8. The molecule has 0 spiro atoms. The van der Waals surface area contributed by atoms with Gasteiger partial charge in [0.2, 0.25) is 15.9 Å². The summed E-state index contributed by atoms with van der Waals surface area (Å²) in [6.45, 7) is 7.81. The molecule has 0 aliphatic carbocycles. The minimum atomic E-state index is -3.79. The second kappa shape index (κ2) is 9.73. The van der Waals surface area contributed by atoms with E-state index in [1.54, 1.807) is 36.1 Å². The van der Waals surface area contributed by atoms with E-state index in [2.05, 4.69) is 11.6 Å². The van der Waals surface area contributed by atoms with E-state index in [9.17, 15) is 13.2 Å². The van der Waals surface area contributed by atoms with Crippen LogP contribution in [0.25, 0.3) is 0 Å². The molecule has 0 saturated carbocycles. The summed E-state index contributed by atoms with van der Waals surface area (Å²) in [6.07, 6.45) is 0.891. The molecule has 3 rings (SSSR count). The predicted molar refractivity (Wildman–Crippen MR) is 117 cm³/mol. The highest BCUT2D eigenvalue weighted by Crippen LogP contribution is 2.27. The molecular formula is C23H30N2O4S. The maximum atomic E-state index is 13.1. The first-order chi connectivity index (χ1) is 14.3. The summed E-state index contributed by atoms with van der Waals surface area (Å²) in [5, 5.41) is 0. The predicted octanol–water partition coefficient (Wildman–Crippen LogP) is 3.07. The van der Waals surface area contributed by atoms with E-state index >= 15 is 0 Å². The molecule has 0 radical (unpaired) electrons. The zero-order valence-corrected chi connectivity index (χ0v) is 18.6. The topological polar surface area (TPSA) is 75.7 Å². The van der Waals surface area contributed by atoms with Crippen LogP contribution in [-0.4, -0.2) is 45.5 Å². The molecule has 30 heavy (non-hydrogen) atoms. The van der Waals surface area contributed by atoms with Gasteiger partial charge in [-0.05, 0) is 36.6 Å². The molecule has 0 unspecified atom stereocenters. The van der Waals surface area contributed by atoms with Crippen molar-refractivity contribution in [2.24, 2.45) is 5.92 Å². The summed E-state index contributed by atoms with van der Waals surface area (Å²) in [4.78, 5) is 15.1. The number of hydrogen-bond acceptors (Lipinski definition) is 4.